The summed E-state index contributed by atoms with van der Waals surface area (Å²) < 4.78 is 10.8. The zero-order valence-corrected chi connectivity index (χ0v) is 17.3. The van der Waals surface area contributed by atoms with Crippen molar-refractivity contribution in [3.8, 4) is 11.5 Å². The molecule has 0 saturated carbocycles. The molecule has 0 fully saturated rings. The van der Waals surface area contributed by atoms with Gasteiger partial charge in [-0.2, -0.15) is 5.10 Å². The lowest BCUT2D eigenvalue weighted by molar-refractivity contribution is -0.136. The molecule has 0 unspecified atom stereocenters. The van der Waals surface area contributed by atoms with Crippen molar-refractivity contribution in [2.75, 3.05) is 12.4 Å². The molecule has 2 amide bonds. The Bertz CT molecular complexity index is 1040. The van der Waals surface area contributed by atoms with Crippen LogP contribution in [0.2, 0.25) is 0 Å². The average Bonchev–Trinajstić information content (AvgIpc) is 2.80. The summed E-state index contributed by atoms with van der Waals surface area (Å²) in [5, 5.41) is 6.30. The number of ether oxygens (including phenoxy) is 2. The van der Waals surface area contributed by atoms with E-state index in [4.69, 9.17) is 9.47 Å². The number of methoxy groups -OCH3 is 1. The maximum absolute atomic E-state index is 11.9. The molecule has 0 bridgehead atoms. The number of hydrogen-bond donors (Lipinski definition) is 2. The number of aryl methyl sites for hydroxylation is 1. The fourth-order valence-electron chi connectivity index (χ4n) is 2.58. The molecular formula is C24H23N3O4. The first kappa shape index (κ1) is 21.6. The van der Waals surface area contributed by atoms with E-state index in [0.717, 1.165) is 16.9 Å². The van der Waals surface area contributed by atoms with Gasteiger partial charge < -0.3 is 14.8 Å². The lowest BCUT2D eigenvalue weighted by Crippen LogP contribution is -2.32. The minimum absolute atomic E-state index is 0.478. The molecule has 3 aromatic carbocycles. The number of carbonyl (C=O) groups excluding carboxylic acids is 2. The number of benzene rings is 3. The van der Waals surface area contributed by atoms with Gasteiger partial charge in [-0.25, -0.2) is 5.43 Å². The van der Waals surface area contributed by atoms with Crippen molar-refractivity contribution in [3.05, 3.63) is 89.5 Å². The molecule has 0 aliphatic carbocycles. The third kappa shape index (κ3) is 6.71. The van der Waals surface area contributed by atoms with E-state index in [0.29, 0.717) is 18.0 Å². The van der Waals surface area contributed by atoms with E-state index < -0.39 is 11.8 Å². The van der Waals surface area contributed by atoms with Crippen molar-refractivity contribution in [3.63, 3.8) is 0 Å². The second-order valence-corrected chi connectivity index (χ2v) is 6.73. The molecule has 0 aromatic heterocycles. The largest absolute Gasteiger partial charge is 0.497 e. The van der Waals surface area contributed by atoms with E-state index >= 15 is 0 Å². The molecule has 3 aromatic rings. The van der Waals surface area contributed by atoms with E-state index in [-0.39, 0.29) is 0 Å². The summed E-state index contributed by atoms with van der Waals surface area (Å²) in [5.41, 5.74) is 5.72. The monoisotopic (exact) mass is 417 g/mol. The van der Waals surface area contributed by atoms with Gasteiger partial charge in [0.05, 0.1) is 13.3 Å². The minimum atomic E-state index is -0.870. The Hall–Kier alpha value is -4.13. The maximum atomic E-state index is 11.9. The molecule has 0 aliphatic rings. The molecule has 0 saturated heterocycles. The van der Waals surface area contributed by atoms with Gasteiger partial charge in [-0.15, -0.1) is 0 Å². The number of nitrogens with zero attached hydrogens (tertiary/aromatic N) is 1. The summed E-state index contributed by atoms with van der Waals surface area (Å²) in [5.74, 6) is -0.313. The Kier molecular flexibility index (Phi) is 7.37. The van der Waals surface area contributed by atoms with Crippen molar-refractivity contribution in [2.45, 2.75) is 13.5 Å². The lowest BCUT2D eigenvalue weighted by atomic mass is 10.2. The number of carbonyl (C=O) groups is 2. The van der Waals surface area contributed by atoms with Crippen LogP contribution >= 0.6 is 0 Å². The smallest absolute Gasteiger partial charge is 0.329 e. The van der Waals surface area contributed by atoms with E-state index in [9.17, 15) is 9.59 Å². The molecule has 0 radical (unpaired) electrons. The topological polar surface area (TPSA) is 89.0 Å². The lowest BCUT2D eigenvalue weighted by Gasteiger charge is -2.07. The molecule has 2 N–H and O–H groups in total. The van der Waals surface area contributed by atoms with Gasteiger partial charge in [-0.1, -0.05) is 29.8 Å². The standard InChI is InChI=1S/C24H23N3O4/c1-17-3-5-19(6-4-17)16-31-22-11-7-18(8-12-22)15-25-27-24(29)23(28)26-20-9-13-21(30-2)14-10-20/h3-15H,16H2,1-2H3,(H,26,28)(H,27,29). The van der Waals surface area contributed by atoms with Gasteiger partial charge >= 0.3 is 11.8 Å². The summed E-state index contributed by atoms with van der Waals surface area (Å²) in [6, 6.07) is 22.0. The molecule has 158 valence electrons. The molecule has 0 spiro atoms. The average molecular weight is 417 g/mol. The minimum Gasteiger partial charge on any atom is -0.497 e. The summed E-state index contributed by atoms with van der Waals surface area (Å²) in [7, 11) is 1.55. The SMILES string of the molecule is COc1ccc(NC(=O)C(=O)NN=Cc2ccc(OCc3ccc(C)cc3)cc2)cc1. The number of anilines is 1. The maximum Gasteiger partial charge on any atom is 0.329 e. The van der Waals surface area contributed by atoms with Gasteiger partial charge in [0.1, 0.15) is 18.1 Å². The molecule has 0 heterocycles. The van der Waals surface area contributed by atoms with Crippen LogP contribution < -0.4 is 20.2 Å². The molecule has 31 heavy (non-hydrogen) atoms. The number of amides is 2. The molecule has 0 atom stereocenters. The fraction of sp³-hybridized carbons (Fsp3) is 0.125. The van der Waals surface area contributed by atoms with Gasteiger partial charge in [0.2, 0.25) is 0 Å². The van der Waals surface area contributed by atoms with Crippen LogP contribution in [0.4, 0.5) is 5.69 Å². The highest BCUT2D eigenvalue weighted by molar-refractivity contribution is 6.39. The third-order valence-electron chi connectivity index (χ3n) is 4.34. The summed E-state index contributed by atoms with van der Waals surface area (Å²) in [6.07, 6.45) is 1.45. The van der Waals surface area contributed by atoms with Crippen LogP contribution in [0.3, 0.4) is 0 Å². The highest BCUT2D eigenvalue weighted by Crippen LogP contribution is 2.15. The molecule has 3 rings (SSSR count). The van der Waals surface area contributed by atoms with Crippen LogP contribution in [-0.4, -0.2) is 25.1 Å². The summed E-state index contributed by atoms with van der Waals surface area (Å²) in [6.45, 7) is 2.52. The van der Waals surface area contributed by atoms with Gasteiger partial charge in [-0.3, -0.25) is 9.59 Å². The van der Waals surface area contributed by atoms with Gasteiger partial charge in [0.15, 0.2) is 0 Å². The summed E-state index contributed by atoms with van der Waals surface area (Å²) >= 11 is 0. The van der Waals surface area contributed by atoms with Crippen LogP contribution in [-0.2, 0) is 16.2 Å². The van der Waals surface area contributed by atoms with E-state index in [1.165, 1.54) is 11.8 Å². The van der Waals surface area contributed by atoms with Gasteiger partial charge in [0.25, 0.3) is 0 Å². The van der Waals surface area contributed by atoms with Crippen LogP contribution in [0.1, 0.15) is 16.7 Å². The predicted molar refractivity (Wildman–Crippen MR) is 119 cm³/mol. The van der Waals surface area contributed by atoms with Crippen molar-refractivity contribution in [2.24, 2.45) is 5.10 Å². The number of hydrazone groups is 1. The van der Waals surface area contributed by atoms with Crippen molar-refractivity contribution in [1.82, 2.24) is 5.43 Å². The Morgan fingerprint density at radius 2 is 1.52 bits per heavy atom. The van der Waals surface area contributed by atoms with Gasteiger partial charge in [-0.05, 0) is 66.6 Å². The Morgan fingerprint density at radius 3 is 2.16 bits per heavy atom. The quantitative estimate of drug-likeness (QED) is 0.349. The van der Waals surface area contributed by atoms with Crippen LogP contribution in [0.25, 0.3) is 0 Å². The molecule has 0 aliphatic heterocycles. The normalized spacial score (nSPS) is 10.5. The van der Waals surface area contributed by atoms with Crippen LogP contribution in [0.5, 0.6) is 11.5 Å². The Labute approximate surface area is 180 Å². The molecular weight excluding hydrogens is 394 g/mol. The molecule has 7 nitrogen and oxygen atoms in total. The van der Waals surface area contributed by atoms with E-state index in [2.05, 4.69) is 15.8 Å². The first-order chi connectivity index (χ1) is 15.0. The molecule has 7 heteroatoms. The number of nitrogens with one attached hydrogen (secondary N) is 2. The van der Waals surface area contributed by atoms with Gasteiger partial charge in [0, 0.05) is 5.69 Å². The van der Waals surface area contributed by atoms with E-state index in [1.807, 2.05) is 43.3 Å². The van der Waals surface area contributed by atoms with Crippen LogP contribution in [0, 0.1) is 6.92 Å². The third-order valence-corrected chi connectivity index (χ3v) is 4.34. The number of hydrogen-bond acceptors (Lipinski definition) is 5. The number of rotatable bonds is 7. The zero-order chi connectivity index (χ0) is 22.1. The Morgan fingerprint density at radius 1 is 0.871 bits per heavy atom. The van der Waals surface area contributed by atoms with E-state index in [1.54, 1.807) is 43.5 Å². The first-order valence-corrected chi connectivity index (χ1v) is 9.60. The van der Waals surface area contributed by atoms with Crippen molar-refractivity contribution >= 4 is 23.7 Å². The zero-order valence-electron chi connectivity index (χ0n) is 17.3. The van der Waals surface area contributed by atoms with Crippen molar-refractivity contribution in [1.29, 1.82) is 0 Å². The second kappa shape index (κ2) is 10.6. The second-order valence-electron chi connectivity index (χ2n) is 6.73. The van der Waals surface area contributed by atoms with Crippen LogP contribution in [0.15, 0.2) is 77.9 Å². The predicted octanol–water partition coefficient (Wildman–Crippen LogP) is 3.67. The highest BCUT2D eigenvalue weighted by atomic mass is 16.5. The fourth-order valence-corrected chi connectivity index (χ4v) is 2.58. The van der Waals surface area contributed by atoms with Crippen molar-refractivity contribution < 1.29 is 19.1 Å². The summed E-state index contributed by atoms with van der Waals surface area (Å²) in [4.78, 5) is 23.8. The highest BCUT2D eigenvalue weighted by Gasteiger charge is 2.12. The first-order valence-electron chi connectivity index (χ1n) is 9.60. The Balaban J connectivity index is 1.45.